The van der Waals surface area contributed by atoms with E-state index in [4.69, 9.17) is 0 Å². The van der Waals surface area contributed by atoms with Crippen LogP contribution in [0.2, 0.25) is 0 Å². The van der Waals surface area contributed by atoms with Crippen LogP contribution in [-0.2, 0) is 10.8 Å². The van der Waals surface area contributed by atoms with Gasteiger partial charge in [-0.2, -0.15) is 8.78 Å². The molecule has 0 saturated heterocycles. The van der Waals surface area contributed by atoms with Crippen LogP contribution in [0.15, 0.2) is 35.9 Å². The molecule has 1 aromatic rings. The van der Waals surface area contributed by atoms with E-state index >= 15 is 0 Å². The summed E-state index contributed by atoms with van der Waals surface area (Å²) in [6.07, 6.45) is -6.15. The van der Waals surface area contributed by atoms with Crippen molar-refractivity contribution in [3.05, 3.63) is 58.6 Å². The Morgan fingerprint density at radius 2 is 1.78 bits per heavy atom. The van der Waals surface area contributed by atoms with E-state index in [0.717, 1.165) is 6.92 Å². The molecule has 8 heteroatoms. The number of hydrogen-bond donors (Lipinski definition) is 0. The Morgan fingerprint density at radius 1 is 1.26 bits per heavy atom. The number of allylic oxidation sites excluding steroid dienone is 3. The van der Waals surface area contributed by atoms with Gasteiger partial charge in [0.25, 0.3) is 0 Å². The van der Waals surface area contributed by atoms with Gasteiger partial charge < -0.3 is 4.74 Å². The smallest absolute Gasteiger partial charge is 0.429 e. The Bertz CT molecular complexity index is 597. The summed E-state index contributed by atoms with van der Waals surface area (Å²) in [6, 6.07) is 1.29. The highest BCUT2D eigenvalue weighted by molar-refractivity contribution is 5.28. The molecule has 1 atom stereocenters. The molecule has 1 nitrogen and oxygen atoms in total. The highest BCUT2D eigenvalue weighted by Crippen LogP contribution is 2.36. The molecule has 0 aliphatic heterocycles. The van der Waals surface area contributed by atoms with Crippen LogP contribution in [0.25, 0.3) is 0 Å². The van der Waals surface area contributed by atoms with Crippen molar-refractivity contribution in [2.45, 2.75) is 26.1 Å². The van der Waals surface area contributed by atoms with Crippen molar-refractivity contribution >= 4 is 0 Å². The van der Waals surface area contributed by atoms with Crippen molar-refractivity contribution in [2.24, 2.45) is 0 Å². The summed E-state index contributed by atoms with van der Waals surface area (Å²) in [5.74, 6) is -5.78. The van der Waals surface area contributed by atoms with Gasteiger partial charge in [0.15, 0.2) is 0 Å². The minimum Gasteiger partial charge on any atom is -0.429 e. The quantitative estimate of drug-likeness (QED) is 0.382. The maximum absolute atomic E-state index is 13.9. The van der Waals surface area contributed by atoms with Crippen LogP contribution >= 0.6 is 0 Å². The first-order valence-electron chi connectivity index (χ1n) is 6.38. The summed E-state index contributed by atoms with van der Waals surface area (Å²) >= 11 is 0. The van der Waals surface area contributed by atoms with E-state index < -0.39 is 47.7 Å². The Balaban J connectivity index is 3.22. The van der Waals surface area contributed by atoms with Gasteiger partial charge in [0.2, 0.25) is 0 Å². The first-order chi connectivity index (χ1) is 10.6. The van der Waals surface area contributed by atoms with Crippen molar-refractivity contribution in [1.29, 1.82) is 0 Å². The summed E-state index contributed by atoms with van der Waals surface area (Å²) in [5, 5.41) is 0. The van der Waals surface area contributed by atoms with Crippen molar-refractivity contribution in [2.75, 3.05) is 6.67 Å². The average molecular weight is 342 g/mol. The first kappa shape index (κ1) is 19.1. The van der Waals surface area contributed by atoms with Crippen LogP contribution in [0.5, 0.6) is 0 Å². The summed E-state index contributed by atoms with van der Waals surface area (Å²) < 4.78 is 97.2. The van der Waals surface area contributed by atoms with Crippen molar-refractivity contribution in [3.63, 3.8) is 0 Å². The van der Waals surface area contributed by atoms with Crippen molar-refractivity contribution in [1.82, 2.24) is 0 Å². The van der Waals surface area contributed by atoms with Gasteiger partial charge in [-0.05, 0) is 37.6 Å². The number of rotatable bonds is 6. The van der Waals surface area contributed by atoms with Gasteiger partial charge in [-0.3, -0.25) is 0 Å². The maximum atomic E-state index is 13.9. The van der Waals surface area contributed by atoms with Gasteiger partial charge in [-0.1, -0.05) is 0 Å². The molecule has 0 bridgehead atoms. The molecule has 23 heavy (non-hydrogen) atoms. The first-order valence-corrected chi connectivity index (χ1v) is 6.38. The Kier molecular flexibility index (Phi) is 6.23. The molecule has 0 aliphatic rings. The molecule has 0 aromatic heterocycles. The lowest BCUT2D eigenvalue weighted by atomic mass is 10.1. The average Bonchev–Trinajstić information content (AvgIpc) is 2.36. The number of aryl methyl sites for hydroxylation is 1. The fraction of sp³-hybridized carbons (Fsp3) is 0.333. The Hall–Kier alpha value is -1.99. The maximum Gasteiger partial charge on any atom is 0.432 e. The fourth-order valence-electron chi connectivity index (χ4n) is 1.63. The molecule has 0 fully saturated rings. The molecule has 0 aliphatic carbocycles. The van der Waals surface area contributed by atoms with Gasteiger partial charge in [-0.25, -0.2) is 22.0 Å². The lowest BCUT2D eigenvalue weighted by Crippen LogP contribution is -2.22. The van der Waals surface area contributed by atoms with Gasteiger partial charge in [0.05, 0.1) is 0 Å². The largest absolute Gasteiger partial charge is 0.432 e. The normalized spacial score (nSPS) is 14.8. The predicted molar refractivity (Wildman–Crippen MR) is 69.9 cm³/mol. The van der Waals surface area contributed by atoms with E-state index in [2.05, 4.69) is 4.74 Å². The van der Waals surface area contributed by atoms with Crippen LogP contribution < -0.4 is 0 Å². The summed E-state index contributed by atoms with van der Waals surface area (Å²) in [5.41, 5.74) is -1.66. The topological polar surface area (TPSA) is 9.23 Å². The highest BCUT2D eigenvalue weighted by atomic mass is 19.3. The number of alkyl halides is 4. The zero-order valence-corrected chi connectivity index (χ0v) is 12.1. The van der Waals surface area contributed by atoms with Crippen LogP contribution in [0.4, 0.5) is 30.7 Å². The van der Waals surface area contributed by atoms with E-state index in [9.17, 15) is 30.7 Å². The van der Waals surface area contributed by atoms with Gasteiger partial charge >= 0.3 is 6.11 Å². The fourth-order valence-corrected chi connectivity index (χ4v) is 1.63. The standard InChI is InChI=1S/C15H13F7O/c1-8-5-12(19)14(13(20)6-8)15(21,22)23-10(3-4-16)7-11(18)9(2)17/h3,5-7,9H,4H2,1-2H3/b10-3+,11-7+. The molecule has 128 valence electrons. The van der Waals surface area contributed by atoms with Gasteiger partial charge in [0, 0.05) is 6.08 Å². The summed E-state index contributed by atoms with van der Waals surface area (Å²) in [4.78, 5) is 0. The van der Waals surface area contributed by atoms with Crippen molar-refractivity contribution in [3.8, 4) is 0 Å². The molecular weight excluding hydrogens is 329 g/mol. The number of ether oxygens (including phenoxy) is 1. The third-order valence-electron chi connectivity index (χ3n) is 2.66. The molecule has 0 amide bonds. The zero-order chi connectivity index (χ0) is 17.8. The molecule has 1 unspecified atom stereocenters. The second-order valence-corrected chi connectivity index (χ2v) is 4.63. The summed E-state index contributed by atoms with van der Waals surface area (Å²) in [6.45, 7) is 0.717. The minimum atomic E-state index is -4.56. The summed E-state index contributed by atoms with van der Waals surface area (Å²) in [7, 11) is 0. The molecule has 0 saturated carbocycles. The SMILES string of the molecule is Cc1cc(F)c(C(F)(F)OC(=C/CF)/C=C(/F)C(C)F)c(F)c1. The predicted octanol–water partition coefficient (Wildman–Crippen LogP) is 5.40. The number of benzene rings is 1. The van der Waals surface area contributed by atoms with E-state index in [1.54, 1.807) is 0 Å². The number of hydrogen-bond acceptors (Lipinski definition) is 1. The van der Waals surface area contributed by atoms with Crippen molar-refractivity contribution < 1.29 is 35.5 Å². The minimum absolute atomic E-state index is 0.0521. The van der Waals surface area contributed by atoms with Crippen LogP contribution in [0, 0.1) is 18.6 Å². The number of halogens is 7. The van der Waals surface area contributed by atoms with Crippen LogP contribution in [-0.4, -0.2) is 12.8 Å². The lowest BCUT2D eigenvalue weighted by molar-refractivity contribution is -0.225. The van der Waals surface area contributed by atoms with E-state index in [1.807, 2.05) is 0 Å². The lowest BCUT2D eigenvalue weighted by Gasteiger charge is -2.20. The van der Waals surface area contributed by atoms with E-state index in [1.165, 1.54) is 6.92 Å². The molecule has 1 rings (SSSR count). The molecule has 1 aromatic carbocycles. The van der Waals surface area contributed by atoms with Crippen LogP contribution in [0.3, 0.4) is 0 Å². The Morgan fingerprint density at radius 3 is 2.22 bits per heavy atom. The molecule has 0 radical (unpaired) electrons. The molecule has 0 heterocycles. The van der Waals surface area contributed by atoms with Crippen LogP contribution in [0.1, 0.15) is 18.1 Å². The van der Waals surface area contributed by atoms with E-state index in [0.29, 0.717) is 18.2 Å². The Labute approximate surface area is 128 Å². The van der Waals surface area contributed by atoms with Gasteiger partial charge in [-0.15, -0.1) is 0 Å². The van der Waals surface area contributed by atoms with E-state index in [-0.39, 0.29) is 11.6 Å². The monoisotopic (exact) mass is 342 g/mol. The molecule has 0 spiro atoms. The van der Waals surface area contributed by atoms with Gasteiger partial charge in [0.1, 0.15) is 41.6 Å². The highest BCUT2D eigenvalue weighted by Gasteiger charge is 2.41. The second-order valence-electron chi connectivity index (χ2n) is 4.63. The third-order valence-corrected chi connectivity index (χ3v) is 2.66. The molecular formula is C15H13F7O. The second kappa shape index (κ2) is 7.52. The third kappa shape index (κ3) is 5.01. The molecule has 0 N–H and O–H groups in total. The zero-order valence-electron chi connectivity index (χ0n) is 12.1.